The highest BCUT2D eigenvalue weighted by Crippen LogP contribution is 2.36. The van der Waals surface area contributed by atoms with E-state index in [9.17, 15) is 19.5 Å². The van der Waals surface area contributed by atoms with Gasteiger partial charge in [-0.1, -0.05) is 45.0 Å². The molecule has 0 saturated carbocycles. The quantitative estimate of drug-likeness (QED) is 0.434. The van der Waals surface area contributed by atoms with E-state index in [-0.39, 0.29) is 35.5 Å². The highest BCUT2D eigenvalue weighted by atomic mass is 16.6. The number of likely N-dealkylation sites (tertiary alicyclic amines) is 1. The normalized spacial score (nSPS) is 19.0. The summed E-state index contributed by atoms with van der Waals surface area (Å²) < 4.78 is 13.1. The molecular formula is C32H40N4O6. The molecule has 1 aromatic heterocycles. The molecule has 3 heterocycles. The monoisotopic (exact) mass is 576 g/mol. The van der Waals surface area contributed by atoms with Gasteiger partial charge in [0.05, 0.1) is 11.1 Å². The standard InChI is InChI=1S/C32H40N4O6/c1-32(2,3)28-18-22(36(31(39)40)20-21-9-10-26-27(17-21)42-16-15-41-26)11-12-34(28)13-14-35-25-8-6-5-7-23(25)24(19-29(35)37)30(38)33-4/h5-10,17,19,22,28H,11-16,18,20H2,1-4H3,(H,33,38)(H,39,40). The van der Waals surface area contributed by atoms with E-state index < -0.39 is 6.09 Å². The molecule has 2 aromatic carbocycles. The molecule has 2 aliphatic rings. The van der Waals surface area contributed by atoms with Crippen molar-refractivity contribution >= 4 is 22.9 Å². The van der Waals surface area contributed by atoms with Crippen LogP contribution in [0.5, 0.6) is 11.5 Å². The first-order chi connectivity index (χ1) is 20.1. The second kappa shape index (κ2) is 12.1. The molecule has 42 heavy (non-hydrogen) atoms. The molecule has 2 amide bonds. The number of nitrogens with zero attached hydrogens (tertiary/aromatic N) is 3. The van der Waals surface area contributed by atoms with Gasteiger partial charge in [0.25, 0.3) is 11.5 Å². The summed E-state index contributed by atoms with van der Waals surface area (Å²) in [6, 6.07) is 14.5. The lowest BCUT2D eigenvalue weighted by molar-refractivity contribution is 0.0131. The number of hydrogen-bond acceptors (Lipinski definition) is 6. The topological polar surface area (TPSA) is 113 Å². The molecule has 1 saturated heterocycles. The van der Waals surface area contributed by atoms with Gasteiger partial charge in [-0.05, 0) is 42.0 Å². The second-order valence-corrected chi connectivity index (χ2v) is 12.1. The molecule has 10 heteroatoms. The third kappa shape index (κ3) is 6.09. The summed E-state index contributed by atoms with van der Waals surface area (Å²) in [5, 5.41) is 13.6. The van der Waals surface area contributed by atoms with Crippen LogP contribution < -0.4 is 20.3 Å². The predicted octanol–water partition coefficient (Wildman–Crippen LogP) is 4.19. The van der Waals surface area contributed by atoms with E-state index in [0.29, 0.717) is 62.8 Å². The number of rotatable bonds is 7. The molecule has 0 aliphatic carbocycles. The van der Waals surface area contributed by atoms with Crippen LogP contribution in [0, 0.1) is 5.41 Å². The van der Waals surface area contributed by atoms with Gasteiger partial charge in [0.15, 0.2) is 11.5 Å². The SMILES string of the molecule is CNC(=O)c1cc(=O)n(CCN2CCC(N(Cc3ccc4c(c3)OCCO4)C(=O)O)CC2C(C)(C)C)c2ccccc12. The Balaban J connectivity index is 1.34. The van der Waals surface area contributed by atoms with Gasteiger partial charge in [-0.3, -0.25) is 14.5 Å². The number of pyridine rings is 1. The van der Waals surface area contributed by atoms with Crippen molar-refractivity contribution in [1.29, 1.82) is 0 Å². The van der Waals surface area contributed by atoms with E-state index >= 15 is 0 Å². The van der Waals surface area contributed by atoms with E-state index in [0.717, 1.165) is 16.5 Å². The Bertz CT molecular complexity index is 1530. The van der Waals surface area contributed by atoms with Gasteiger partial charge in [0, 0.05) is 56.8 Å². The molecular weight excluding hydrogens is 536 g/mol. The Morgan fingerprint density at radius 2 is 1.79 bits per heavy atom. The summed E-state index contributed by atoms with van der Waals surface area (Å²) >= 11 is 0. The van der Waals surface area contributed by atoms with Crippen LogP contribution in [0.2, 0.25) is 0 Å². The third-order valence-corrected chi connectivity index (χ3v) is 8.43. The molecule has 224 valence electrons. The molecule has 2 unspecified atom stereocenters. The molecule has 2 N–H and O–H groups in total. The lowest BCUT2D eigenvalue weighted by Crippen LogP contribution is -2.55. The van der Waals surface area contributed by atoms with Crippen LogP contribution in [0.1, 0.15) is 49.5 Å². The van der Waals surface area contributed by atoms with Crippen LogP contribution in [0.25, 0.3) is 10.9 Å². The summed E-state index contributed by atoms with van der Waals surface area (Å²) in [6.07, 6.45) is 0.436. The number of fused-ring (bicyclic) bond motifs is 2. The lowest BCUT2D eigenvalue weighted by Gasteiger charge is -2.48. The first-order valence-electron chi connectivity index (χ1n) is 14.5. The van der Waals surface area contributed by atoms with Crippen molar-refractivity contribution < 1.29 is 24.2 Å². The van der Waals surface area contributed by atoms with Crippen LogP contribution in [-0.2, 0) is 13.1 Å². The molecule has 10 nitrogen and oxygen atoms in total. The fourth-order valence-corrected chi connectivity index (χ4v) is 6.30. The largest absolute Gasteiger partial charge is 0.486 e. The highest BCUT2D eigenvalue weighted by Gasteiger charge is 2.39. The molecule has 2 atom stereocenters. The minimum absolute atomic E-state index is 0.102. The van der Waals surface area contributed by atoms with E-state index in [4.69, 9.17) is 9.47 Å². The minimum Gasteiger partial charge on any atom is -0.486 e. The van der Waals surface area contributed by atoms with Crippen molar-refractivity contribution in [2.75, 3.05) is 33.4 Å². The van der Waals surface area contributed by atoms with Crippen molar-refractivity contribution in [2.24, 2.45) is 5.41 Å². The smallest absolute Gasteiger partial charge is 0.407 e. The Kier molecular flexibility index (Phi) is 8.45. The molecule has 0 radical (unpaired) electrons. The van der Waals surface area contributed by atoms with Gasteiger partial charge in [-0.2, -0.15) is 0 Å². The summed E-state index contributed by atoms with van der Waals surface area (Å²) in [4.78, 5) is 42.0. The van der Waals surface area contributed by atoms with Crippen molar-refractivity contribution in [3.8, 4) is 11.5 Å². The van der Waals surface area contributed by atoms with Gasteiger partial charge in [0.1, 0.15) is 13.2 Å². The maximum atomic E-state index is 13.2. The molecule has 5 rings (SSSR count). The van der Waals surface area contributed by atoms with Gasteiger partial charge in [-0.15, -0.1) is 0 Å². The van der Waals surface area contributed by atoms with Crippen molar-refractivity contribution in [3.05, 3.63) is 70.0 Å². The molecule has 0 spiro atoms. The van der Waals surface area contributed by atoms with Crippen molar-refractivity contribution in [1.82, 2.24) is 19.7 Å². The van der Waals surface area contributed by atoms with E-state index in [1.165, 1.54) is 6.07 Å². The van der Waals surface area contributed by atoms with E-state index in [1.807, 2.05) is 42.5 Å². The number of ether oxygens (including phenoxy) is 2. The Morgan fingerprint density at radius 3 is 2.50 bits per heavy atom. The van der Waals surface area contributed by atoms with Crippen molar-refractivity contribution in [3.63, 3.8) is 0 Å². The maximum Gasteiger partial charge on any atom is 0.407 e. The van der Waals surface area contributed by atoms with E-state index in [2.05, 4.69) is 31.0 Å². The summed E-state index contributed by atoms with van der Waals surface area (Å²) in [5.41, 5.74) is 1.63. The van der Waals surface area contributed by atoms with Crippen molar-refractivity contribution in [2.45, 2.75) is 58.8 Å². The zero-order valence-corrected chi connectivity index (χ0v) is 24.8. The number of piperidine rings is 1. The van der Waals surface area contributed by atoms with E-state index in [1.54, 1.807) is 16.5 Å². The number of benzene rings is 2. The zero-order chi connectivity index (χ0) is 30.0. The number of aromatic nitrogens is 1. The second-order valence-electron chi connectivity index (χ2n) is 12.1. The molecule has 3 aromatic rings. The minimum atomic E-state index is -0.940. The zero-order valence-electron chi connectivity index (χ0n) is 24.8. The maximum absolute atomic E-state index is 13.2. The lowest BCUT2D eigenvalue weighted by atomic mass is 9.78. The summed E-state index contributed by atoms with van der Waals surface area (Å²) in [6.45, 7) is 9.60. The Labute approximate surface area is 245 Å². The first-order valence-corrected chi connectivity index (χ1v) is 14.5. The van der Waals surface area contributed by atoms with Gasteiger partial charge < -0.3 is 29.4 Å². The summed E-state index contributed by atoms with van der Waals surface area (Å²) in [5.74, 6) is 1.05. The van der Waals surface area contributed by atoms with Gasteiger partial charge in [0.2, 0.25) is 0 Å². The van der Waals surface area contributed by atoms with Gasteiger partial charge in [-0.25, -0.2) is 4.79 Å². The van der Waals surface area contributed by atoms with Crippen LogP contribution in [-0.4, -0.2) is 76.9 Å². The fourth-order valence-electron chi connectivity index (χ4n) is 6.30. The average molecular weight is 577 g/mol. The number of carboxylic acid groups (broad SMARTS) is 1. The predicted molar refractivity (Wildman–Crippen MR) is 160 cm³/mol. The Morgan fingerprint density at radius 1 is 1.05 bits per heavy atom. The third-order valence-electron chi connectivity index (χ3n) is 8.43. The van der Waals surface area contributed by atoms with Crippen LogP contribution in [0.4, 0.5) is 4.79 Å². The van der Waals surface area contributed by atoms with Gasteiger partial charge >= 0.3 is 6.09 Å². The summed E-state index contributed by atoms with van der Waals surface area (Å²) in [7, 11) is 1.56. The average Bonchev–Trinajstić information content (AvgIpc) is 2.98. The fraction of sp³-hybridized carbons (Fsp3) is 0.469. The molecule has 1 fully saturated rings. The molecule has 0 bridgehead atoms. The number of hydrogen-bond donors (Lipinski definition) is 2. The molecule has 2 aliphatic heterocycles. The number of para-hydroxylation sites is 1. The first kappa shape index (κ1) is 29.4. The number of carbonyl (C=O) groups is 2. The Hall–Kier alpha value is -4.05. The van der Waals surface area contributed by atoms with Crippen LogP contribution in [0.15, 0.2) is 53.3 Å². The number of amides is 2. The highest BCUT2D eigenvalue weighted by molar-refractivity contribution is 6.06. The van der Waals surface area contributed by atoms with Crippen LogP contribution >= 0.6 is 0 Å². The van der Waals surface area contributed by atoms with Crippen LogP contribution in [0.3, 0.4) is 0 Å². The number of nitrogens with one attached hydrogen (secondary N) is 1. The number of carbonyl (C=O) groups excluding carboxylic acids is 1.